The summed E-state index contributed by atoms with van der Waals surface area (Å²) in [6.45, 7) is 63.2. The fourth-order valence-electron chi connectivity index (χ4n) is 9.96. The molecule has 528 valence electrons. The van der Waals surface area contributed by atoms with Crippen molar-refractivity contribution in [3.05, 3.63) is 259 Å². The third kappa shape index (κ3) is 42.3. The van der Waals surface area contributed by atoms with E-state index in [-0.39, 0.29) is 142 Å². The van der Waals surface area contributed by atoms with Gasteiger partial charge in [-0.25, -0.2) is 0 Å². The van der Waals surface area contributed by atoms with E-state index < -0.39 is 0 Å². The minimum absolute atomic E-state index is 0. The molecule has 0 atom stereocenters. The van der Waals surface area contributed by atoms with Crippen molar-refractivity contribution in [2.45, 2.75) is 265 Å². The zero-order valence-electron chi connectivity index (χ0n) is 65.5. The van der Waals surface area contributed by atoms with Crippen LogP contribution in [0.1, 0.15) is 326 Å². The van der Waals surface area contributed by atoms with E-state index in [1.165, 1.54) is 107 Å². The number of hydrogen-bond donors (Lipinski definition) is 0. The van der Waals surface area contributed by atoms with E-state index in [0.29, 0.717) is 71.0 Å². The van der Waals surface area contributed by atoms with Gasteiger partial charge in [-0.1, -0.05) is 144 Å². The second-order valence-electron chi connectivity index (χ2n) is 28.8. The summed E-state index contributed by atoms with van der Waals surface area (Å²) < 4.78 is 5.98. The summed E-state index contributed by atoms with van der Waals surface area (Å²) >= 11 is 9.09. The van der Waals surface area contributed by atoms with E-state index in [2.05, 4.69) is 357 Å². The van der Waals surface area contributed by atoms with Gasteiger partial charge in [-0.2, -0.15) is 0 Å². The van der Waals surface area contributed by atoms with Crippen molar-refractivity contribution in [3.63, 3.8) is 0 Å². The van der Waals surface area contributed by atoms with Crippen LogP contribution in [0.5, 0.6) is 0 Å². The maximum Gasteiger partial charge on any atom is 0 e. The molecule has 0 unspecified atom stereocenters. The van der Waals surface area contributed by atoms with Gasteiger partial charge in [-0.05, 0) is 27.7 Å². The van der Waals surface area contributed by atoms with Gasteiger partial charge >= 0.3 is 436 Å². The van der Waals surface area contributed by atoms with Crippen molar-refractivity contribution >= 4 is 226 Å². The molecule has 0 spiro atoms. The second-order valence-corrected chi connectivity index (χ2v) is 33.0. The fraction of sp³-hybridized carbons (Fsp3) is 0.455. The fourth-order valence-corrected chi connectivity index (χ4v) is 16.0. The van der Waals surface area contributed by atoms with Crippen molar-refractivity contribution in [1.82, 2.24) is 0 Å². The Kier molecular flexibility index (Phi) is 65.7. The van der Waals surface area contributed by atoms with Gasteiger partial charge in [-0.15, -0.1) is 0 Å². The molecule has 0 aliphatic carbocycles. The minimum Gasteiger partial charge on any atom is -0.0622 e. The Bertz CT molecular complexity index is 2740. The van der Waals surface area contributed by atoms with E-state index in [1.807, 2.05) is 72.8 Å². The molecular weight excluding hydrogens is 2110 g/mol. The topological polar surface area (TPSA) is 0 Å². The Balaban J connectivity index is -0.000000250. The largest absolute Gasteiger partial charge is 0.0622 e. The van der Waals surface area contributed by atoms with Crippen molar-refractivity contribution in [3.8, 4) is 0 Å². The SMILES string of the molecule is CC(C)c1cc(C(C)C)[c]([Ge])c(C(C)C)c1.CC(C)c1cc(C(C)C)[c]([Ge])c(C(C)C)c1.CC(C)c1cc(C(C)C)[c]([Ge])c(C(C)C)c1.CC(C)c1cc(C(C)C)[c]([Ge])c(C(C)C)c1.Cc1ccccc1.Cc1ccccc1.Cc1ccccc1.Cc1ccccc1.[Te].[Te].[Te].[Te].[Te].[Te]. The van der Waals surface area contributed by atoms with Crippen LogP contribution in [0, 0.1) is 27.7 Å². The third-order valence-corrected chi connectivity index (χ3v) is 21.1. The molecule has 0 bridgehead atoms. The summed E-state index contributed by atoms with van der Waals surface area (Å²) in [5, 5.41) is 0. The Morgan fingerprint density at radius 3 is 0.337 bits per heavy atom. The Morgan fingerprint density at radius 2 is 0.276 bits per heavy atom. The molecule has 0 nitrogen and oxygen atoms in total. The normalized spacial score (nSPS) is 10.2. The summed E-state index contributed by atoms with van der Waals surface area (Å²) in [5.41, 5.74) is 23.4. The Hall–Kier alpha value is 0.669. The molecule has 8 aromatic carbocycles. The van der Waals surface area contributed by atoms with E-state index in [1.54, 1.807) is 0 Å². The summed E-state index contributed by atoms with van der Waals surface area (Å²) in [7, 11) is 0. The molecule has 0 heterocycles. The summed E-state index contributed by atoms with van der Waals surface area (Å²) in [4.78, 5) is 0. The van der Waals surface area contributed by atoms with E-state index in [4.69, 9.17) is 0 Å². The van der Waals surface area contributed by atoms with Crippen LogP contribution in [0.15, 0.2) is 170 Å². The van der Waals surface area contributed by atoms with Crippen LogP contribution in [0.3, 0.4) is 0 Å². The van der Waals surface area contributed by atoms with Crippen molar-refractivity contribution in [2.24, 2.45) is 0 Å². The van der Waals surface area contributed by atoms with Gasteiger partial charge in [0.25, 0.3) is 0 Å². The van der Waals surface area contributed by atoms with Gasteiger partial charge in [0.1, 0.15) is 0 Å². The van der Waals surface area contributed by atoms with E-state index in [0.717, 1.165) is 0 Å². The van der Waals surface area contributed by atoms with Crippen LogP contribution < -0.4 is 17.6 Å². The average molecular weight is 2240 g/mol. The molecule has 0 N–H and O–H groups in total. The Labute approximate surface area is 739 Å². The molecule has 8 aromatic rings. The molecule has 24 radical (unpaired) electrons. The summed E-state index contributed by atoms with van der Waals surface area (Å²) in [6, 6.07) is 60.2. The molecule has 0 saturated heterocycles. The smallest absolute Gasteiger partial charge is 0 e. The first-order chi connectivity index (χ1) is 42.9. The number of rotatable bonds is 12. The zero-order valence-corrected chi connectivity index (χ0v) is 87.9. The van der Waals surface area contributed by atoms with Gasteiger partial charge in [0.15, 0.2) is 0 Å². The molecule has 0 saturated carbocycles. The molecule has 0 aromatic heterocycles. The molecule has 0 aliphatic rings. The van der Waals surface area contributed by atoms with E-state index >= 15 is 0 Å². The van der Waals surface area contributed by atoms with Crippen LogP contribution in [-0.4, -0.2) is 208 Å². The number of hydrogen-bond acceptors (Lipinski definition) is 0. The molecule has 0 aliphatic heterocycles. The first-order valence-electron chi connectivity index (χ1n) is 34.6. The van der Waals surface area contributed by atoms with Gasteiger partial charge < -0.3 is 0 Å². The second kappa shape index (κ2) is 58.7. The maximum atomic E-state index is 2.40. The van der Waals surface area contributed by atoms with Gasteiger partial charge in [0.2, 0.25) is 0 Å². The van der Waals surface area contributed by atoms with Crippen molar-refractivity contribution in [1.29, 1.82) is 0 Å². The molecule has 0 amide bonds. The first-order valence-corrected chi connectivity index (χ1v) is 38.8. The van der Waals surface area contributed by atoms with Crippen molar-refractivity contribution in [2.75, 3.05) is 0 Å². The number of benzene rings is 8. The standard InChI is InChI=1S/4C15H23Ge.4C7H8.6Te/c4*1-9(2)12-7-13(10(3)4)15(16)14(8-12)11(5)6;4*1-7-5-3-2-4-6-7;;;;;;/h4*7-11H,1-6H3;4*2-6H,1H3;;;;;;. The van der Waals surface area contributed by atoms with E-state index in [9.17, 15) is 0 Å². The molecule has 8 rings (SSSR count). The quantitative estimate of drug-likeness (QED) is 0.107. The van der Waals surface area contributed by atoms with Crippen LogP contribution in [0.25, 0.3) is 0 Å². The summed E-state index contributed by atoms with van der Waals surface area (Å²) in [5.74, 6) is 7.46. The van der Waals surface area contributed by atoms with Gasteiger partial charge in [0.05, 0.1) is 0 Å². The molecule has 98 heavy (non-hydrogen) atoms. The predicted octanol–water partition coefficient (Wildman–Crippen LogP) is 21.1. The zero-order chi connectivity index (χ0) is 70.3. The monoisotopic (exact) mass is 2260 g/mol. The van der Waals surface area contributed by atoms with Gasteiger partial charge in [0, 0.05) is 142 Å². The molecular formula is C88H124Ge4Te6. The third-order valence-electron chi connectivity index (χ3n) is 16.3. The van der Waals surface area contributed by atoms with Crippen LogP contribution in [0.2, 0.25) is 0 Å². The van der Waals surface area contributed by atoms with Crippen LogP contribution >= 0.6 is 0 Å². The predicted molar refractivity (Wildman–Crippen MR) is 456 cm³/mol. The van der Waals surface area contributed by atoms with Crippen molar-refractivity contribution < 1.29 is 0 Å². The van der Waals surface area contributed by atoms with Crippen LogP contribution in [0.4, 0.5) is 0 Å². The first kappa shape index (κ1) is 110. The van der Waals surface area contributed by atoms with Crippen LogP contribution in [-0.2, 0) is 0 Å². The average Bonchev–Trinajstić information content (AvgIpc) is 0.839. The number of aryl methyl sites for hydroxylation is 4. The minimum atomic E-state index is 0. The van der Waals surface area contributed by atoms with Gasteiger partial charge in [-0.3, -0.25) is 0 Å². The molecule has 10 heteroatoms. The molecule has 0 fully saturated rings. The summed E-state index contributed by atoms with van der Waals surface area (Å²) in [6.07, 6.45) is 0. The maximum absolute atomic E-state index is 2.40. The Morgan fingerprint density at radius 1 is 0.173 bits per heavy atom.